The van der Waals surface area contributed by atoms with Crippen molar-refractivity contribution < 1.29 is 19.1 Å². The highest BCUT2D eigenvalue weighted by Gasteiger charge is 2.12. The second-order valence-corrected chi connectivity index (χ2v) is 8.42. The number of hydrazine groups is 1. The molecular formula is C25H24BrN3O4. The molecule has 0 saturated heterocycles. The van der Waals surface area contributed by atoms with E-state index in [4.69, 9.17) is 4.74 Å². The van der Waals surface area contributed by atoms with E-state index in [2.05, 4.69) is 32.1 Å². The van der Waals surface area contributed by atoms with Gasteiger partial charge in [0.2, 0.25) is 0 Å². The minimum atomic E-state index is -0.493. The smallest absolute Gasteiger partial charge is 0.276 e. The minimum absolute atomic E-state index is 0.228. The fraction of sp³-hybridized carbons (Fsp3) is 0.160. The molecular weight excluding hydrogens is 486 g/mol. The fourth-order valence-electron chi connectivity index (χ4n) is 3.23. The number of carbonyl (C=O) groups is 3. The van der Waals surface area contributed by atoms with Gasteiger partial charge < -0.3 is 10.1 Å². The molecule has 3 rings (SSSR count). The van der Waals surface area contributed by atoms with Gasteiger partial charge in [0.1, 0.15) is 5.75 Å². The standard InChI is InChI=1S/C25H24BrN3O4/c1-15-6-4-5-7-21(15)25(32)27-20-10-8-18(9-11-20)24(31)29-28-22(30)14-33-23-16(2)12-19(26)13-17(23)3/h4-13H,14H2,1-3H3,(H,27,32)(H,28,30)(H,29,31). The molecule has 0 heterocycles. The van der Waals surface area contributed by atoms with Crippen molar-refractivity contribution >= 4 is 39.3 Å². The van der Waals surface area contributed by atoms with Crippen LogP contribution in [0.1, 0.15) is 37.4 Å². The molecule has 0 spiro atoms. The molecule has 33 heavy (non-hydrogen) atoms. The van der Waals surface area contributed by atoms with Gasteiger partial charge in [-0.15, -0.1) is 0 Å². The van der Waals surface area contributed by atoms with Crippen LogP contribution >= 0.6 is 15.9 Å². The molecule has 8 heteroatoms. The number of aryl methyl sites for hydroxylation is 3. The Morgan fingerprint density at radius 2 is 1.45 bits per heavy atom. The van der Waals surface area contributed by atoms with Gasteiger partial charge in [0.15, 0.2) is 6.61 Å². The Morgan fingerprint density at radius 1 is 0.818 bits per heavy atom. The summed E-state index contributed by atoms with van der Waals surface area (Å²) in [5.74, 6) is -0.583. The molecule has 3 amide bonds. The van der Waals surface area contributed by atoms with Crippen LogP contribution in [0.25, 0.3) is 0 Å². The van der Waals surface area contributed by atoms with E-state index in [1.807, 2.05) is 45.0 Å². The quantitative estimate of drug-likeness (QED) is 0.427. The van der Waals surface area contributed by atoms with E-state index in [0.29, 0.717) is 22.6 Å². The zero-order valence-electron chi connectivity index (χ0n) is 18.5. The van der Waals surface area contributed by atoms with Crippen molar-refractivity contribution in [1.29, 1.82) is 0 Å². The molecule has 170 valence electrons. The van der Waals surface area contributed by atoms with Crippen LogP contribution in [-0.4, -0.2) is 24.3 Å². The van der Waals surface area contributed by atoms with E-state index in [9.17, 15) is 14.4 Å². The Labute approximate surface area is 200 Å². The van der Waals surface area contributed by atoms with E-state index in [1.54, 1.807) is 36.4 Å². The molecule has 0 atom stereocenters. The van der Waals surface area contributed by atoms with Gasteiger partial charge in [-0.25, -0.2) is 0 Å². The second-order valence-electron chi connectivity index (χ2n) is 7.51. The predicted octanol–water partition coefficient (Wildman–Crippen LogP) is 4.47. The van der Waals surface area contributed by atoms with Gasteiger partial charge in [0.05, 0.1) is 0 Å². The zero-order chi connectivity index (χ0) is 24.0. The lowest BCUT2D eigenvalue weighted by Gasteiger charge is -2.13. The molecule has 3 aromatic carbocycles. The van der Waals surface area contributed by atoms with Crippen molar-refractivity contribution in [3.63, 3.8) is 0 Å². The molecule has 7 nitrogen and oxygen atoms in total. The van der Waals surface area contributed by atoms with Gasteiger partial charge >= 0.3 is 0 Å². The largest absolute Gasteiger partial charge is 0.483 e. The van der Waals surface area contributed by atoms with E-state index >= 15 is 0 Å². The summed E-state index contributed by atoms with van der Waals surface area (Å²) in [6, 6.07) is 17.4. The summed E-state index contributed by atoms with van der Waals surface area (Å²) in [4.78, 5) is 36.8. The lowest BCUT2D eigenvalue weighted by molar-refractivity contribution is -0.123. The molecule has 0 saturated carbocycles. The van der Waals surface area contributed by atoms with Crippen LogP contribution in [0.4, 0.5) is 5.69 Å². The Hall–Kier alpha value is -3.65. The van der Waals surface area contributed by atoms with Crippen LogP contribution in [0.3, 0.4) is 0 Å². The Morgan fingerprint density at radius 3 is 2.09 bits per heavy atom. The molecule has 0 unspecified atom stereocenters. The Balaban J connectivity index is 1.50. The first-order chi connectivity index (χ1) is 15.7. The van der Waals surface area contributed by atoms with Gasteiger partial charge in [0.25, 0.3) is 17.7 Å². The maximum Gasteiger partial charge on any atom is 0.276 e. The third-order valence-corrected chi connectivity index (χ3v) is 5.34. The number of benzene rings is 3. The summed E-state index contributed by atoms with van der Waals surface area (Å²) in [5.41, 5.74) is 8.81. The van der Waals surface area contributed by atoms with Gasteiger partial charge in [-0.2, -0.15) is 0 Å². The highest BCUT2D eigenvalue weighted by Crippen LogP contribution is 2.27. The highest BCUT2D eigenvalue weighted by atomic mass is 79.9. The van der Waals surface area contributed by atoms with Crippen molar-refractivity contribution in [3.05, 3.63) is 93.0 Å². The summed E-state index contributed by atoms with van der Waals surface area (Å²) >= 11 is 3.42. The SMILES string of the molecule is Cc1ccccc1C(=O)Nc1ccc(C(=O)NNC(=O)COc2c(C)cc(Br)cc2C)cc1. The number of hydrogen-bond donors (Lipinski definition) is 3. The van der Waals surface area contributed by atoms with Crippen molar-refractivity contribution in [2.45, 2.75) is 20.8 Å². The van der Waals surface area contributed by atoms with Crippen molar-refractivity contribution in [2.24, 2.45) is 0 Å². The average Bonchev–Trinajstić information content (AvgIpc) is 2.77. The molecule has 0 aromatic heterocycles. The van der Waals surface area contributed by atoms with Crippen LogP contribution in [-0.2, 0) is 4.79 Å². The maximum atomic E-state index is 12.4. The second kappa shape index (κ2) is 10.8. The van der Waals surface area contributed by atoms with E-state index < -0.39 is 11.8 Å². The number of ether oxygens (including phenoxy) is 1. The first-order valence-corrected chi connectivity index (χ1v) is 11.0. The number of anilines is 1. The molecule has 0 fully saturated rings. The number of amides is 3. The molecule has 0 aliphatic carbocycles. The van der Waals surface area contributed by atoms with Gasteiger partial charge in [-0.05, 0) is 79.9 Å². The number of halogens is 1. The minimum Gasteiger partial charge on any atom is -0.483 e. The van der Waals surface area contributed by atoms with Gasteiger partial charge in [0, 0.05) is 21.3 Å². The summed E-state index contributed by atoms with van der Waals surface area (Å²) < 4.78 is 6.53. The first kappa shape index (κ1) is 24.0. The first-order valence-electron chi connectivity index (χ1n) is 10.2. The topological polar surface area (TPSA) is 96.5 Å². The highest BCUT2D eigenvalue weighted by molar-refractivity contribution is 9.10. The molecule has 3 N–H and O–H groups in total. The molecule has 0 bridgehead atoms. The summed E-state index contributed by atoms with van der Waals surface area (Å²) in [5, 5.41) is 2.80. The normalized spacial score (nSPS) is 10.3. The van der Waals surface area contributed by atoms with Crippen LogP contribution in [0.15, 0.2) is 65.1 Å². The fourth-order valence-corrected chi connectivity index (χ4v) is 3.92. The van der Waals surface area contributed by atoms with E-state index in [0.717, 1.165) is 21.2 Å². The molecule has 0 radical (unpaired) electrons. The molecule has 3 aromatic rings. The predicted molar refractivity (Wildman–Crippen MR) is 130 cm³/mol. The van der Waals surface area contributed by atoms with Crippen molar-refractivity contribution in [2.75, 3.05) is 11.9 Å². The van der Waals surface area contributed by atoms with Gasteiger partial charge in [-0.1, -0.05) is 34.1 Å². The van der Waals surface area contributed by atoms with Crippen LogP contribution in [0.2, 0.25) is 0 Å². The van der Waals surface area contributed by atoms with Crippen molar-refractivity contribution in [1.82, 2.24) is 10.9 Å². The average molecular weight is 510 g/mol. The number of rotatable bonds is 6. The Kier molecular flexibility index (Phi) is 7.84. The van der Waals surface area contributed by atoms with E-state index in [-0.39, 0.29) is 12.5 Å². The molecule has 0 aliphatic rings. The van der Waals surface area contributed by atoms with Crippen molar-refractivity contribution in [3.8, 4) is 5.75 Å². The third-order valence-electron chi connectivity index (χ3n) is 4.88. The summed E-state index contributed by atoms with van der Waals surface area (Å²) in [6.45, 7) is 5.40. The number of hydrogen-bond acceptors (Lipinski definition) is 4. The lowest BCUT2D eigenvalue weighted by Crippen LogP contribution is -2.43. The Bertz CT molecular complexity index is 1170. The maximum absolute atomic E-state index is 12.4. The molecule has 0 aliphatic heterocycles. The van der Waals surface area contributed by atoms with E-state index in [1.165, 1.54) is 0 Å². The number of nitrogens with one attached hydrogen (secondary N) is 3. The summed E-state index contributed by atoms with van der Waals surface area (Å²) in [7, 11) is 0. The summed E-state index contributed by atoms with van der Waals surface area (Å²) in [6.07, 6.45) is 0. The van der Waals surface area contributed by atoms with Gasteiger partial charge in [-0.3, -0.25) is 25.2 Å². The zero-order valence-corrected chi connectivity index (χ0v) is 20.1. The number of carbonyl (C=O) groups excluding carboxylic acids is 3. The third kappa shape index (κ3) is 6.43. The lowest BCUT2D eigenvalue weighted by atomic mass is 10.1. The monoisotopic (exact) mass is 509 g/mol. The van der Waals surface area contributed by atoms with Crippen LogP contribution in [0.5, 0.6) is 5.75 Å². The van der Waals surface area contributed by atoms with Crippen LogP contribution < -0.4 is 20.9 Å². The van der Waals surface area contributed by atoms with Crippen LogP contribution in [0, 0.1) is 20.8 Å².